The van der Waals surface area contributed by atoms with Gasteiger partial charge in [0.2, 0.25) is 5.91 Å². The second-order valence-electron chi connectivity index (χ2n) is 5.88. The summed E-state index contributed by atoms with van der Waals surface area (Å²) in [7, 11) is 1.52. The highest BCUT2D eigenvalue weighted by Gasteiger charge is 2.47. The van der Waals surface area contributed by atoms with Crippen LogP contribution in [0, 0.1) is 17.6 Å². The molecule has 7 heteroatoms. The van der Waals surface area contributed by atoms with Crippen molar-refractivity contribution < 1.29 is 23.1 Å². The van der Waals surface area contributed by atoms with E-state index < -0.39 is 17.7 Å². The molecule has 5 nitrogen and oxygen atoms in total. The van der Waals surface area contributed by atoms with Crippen molar-refractivity contribution in [2.45, 2.75) is 18.4 Å². The minimum atomic E-state index is -0.897. The third kappa shape index (κ3) is 3.19. The fraction of sp³-hybridized carbons (Fsp3) is 0.500. The summed E-state index contributed by atoms with van der Waals surface area (Å²) in [6.45, 7) is 0.971. The maximum Gasteiger partial charge on any atom is 0.250 e. The number of morpholine rings is 1. The number of amides is 2. The van der Waals surface area contributed by atoms with Crippen molar-refractivity contribution in [3.63, 3.8) is 0 Å². The summed E-state index contributed by atoms with van der Waals surface area (Å²) in [6.07, 6.45) is -0.0375. The number of nitrogens with one attached hydrogen (secondary N) is 1. The summed E-state index contributed by atoms with van der Waals surface area (Å²) in [6, 6.07) is 3.75. The molecule has 23 heavy (non-hydrogen) atoms. The Hall–Kier alpha value is -2.02. The van der Waals surface area contributed by atoms with Gasteiger partial charge in [-0.3, -0.25) is 9.59 Å². The van der Waals surface area contributed by atoms with E-state index in [2.05, 4.69) is 5.32 Å². The Morgan fingerprint density at radius 3 is 2.78 bits per heavy atom. The van der Waals surface area contributed by atoms with Crippen molar-refractivity contribution in [3.8, 4) is 0 Å². The molecule has 2 aliphatic rings. The summed E-state index contributed by atoms with van der Waals surface area (Å²) in [5.74, 6) is -2.42. The smallest absolute Gasteiger partial charge is 0.250 e. The van der Waals surface area contributed by atoms with Crippen LogP contribution in [0.1, 0.15) is 17.9 Å². The summed E-state index contributed by atoms with van der Waals surface area (Å²) < 4.78 is 31.6. The number of likely N-dealkylation sites (N-methyl/N-ethyl adjacent to an activating group) is 1. The Kier molecular flexibility index (Phi) is 4.30. The highest BCUT2D eigenvalue weighted by Crippen LogP contribution is 2.48. The van der Waals surface area contributed by atoms with E-state index in [1.165, 1.54) is 13.1 Å². The molecule has 0 radical (unpaired) electrons. The van der Waals surface area contributed by atoms with Gasteiger partial charge >= 0.3 is 0 Å². The van der Waals surface area contributed by atoms with Gasteiger partial charge in [0.15, 0.2) is 17.7 Å². The van der Waals surface area contributed by atoms with Crippen molar-refractivity contribution >= 4 is 11.8 Å². The number of carbonyl (C=O) groups is 2. The quantitative estimate of drug-likeness (QED) is 0.904. The molecule has 1 aliphatic heterocycles. The van der Waals surface area contributed by atoms with Crippen molar-refractivity contribution in [2.24, 2.45) is 5.92 Å². The molecule has 0 unspecified atom stereocenters. The molecule has 0 aromatic heterocycles. The van der Waals surface area contributed by atoms with Crippen LogP contribution in [-0.4, -0.2) is 49.6 Å². The molecule has 0 bridgehead atoms. The summed E-state index contributed by atoms with van der Waals surface area (Å²) in [4.78, 5) is 25.8. The largest absolute Gasteiger partial charge is 0.365 e. The van der Waals surface area contributed by atoms with Crippen LogP contribution in [0.25, 0.3) is 0 Å². The molecular weight excluding hydrogens is 306 g/mol. The number of hydrogen-bond donors (Lipinski definition) is 1. The lowest BCUT2D eigenvalue weighted by Gasteiger charge is -2.32. The zero-order valence-electron chi connectivity index (χ0n) is 12.7. The molecule has 3 atom stereocenters. The van der Waals surface area contributed by atoms with Crippen LogP contribution in [0.15, 0.2) is 18.2 Å². The molecule has 1 aliphatic carbocycles. The van der Waals surface area contributed by atoms with Crippen molar-refractivity contribution in [3.05, 3.63) is 35.4 Å². The van der Waals surface area contributed by atoms with Gasteiger partial charge in [-0.05, 0) is 30.0 Å². The summed E-state index contributed by atoms with van der Waals surface area (Å²) in [5, 5.41) is 2.51. The molecule has 124 valence electrons. The minimum absolute atomic E-state index is 0.0584. The van der Waals surface area contributed by atoms with Crippen LogP contribution < -0.4 is 5.32 Å². The third-order valence-corrected chi connectivity index (χ3v) is 4.40. The Bertz CT molecular complexity index is 638. The highest BCUT2D eigenvalue weighted by molar-refractivity contribution is 5.85. The number of ether oxygens (including phenoxy) is 1. The molecule has 1 saturated heterocycles. The van der Waals surface area contributed by atoms with E-state index in [-0.39, 0.29) is 30.2 Å². The second-order valence-corrected chi connectivity index (χ2v) is 5.88. The van der Waals surface area contributed by atoms with E-state index in [1.54, 1.807) is 4.90 Å². The maximum atomic E-state index is 13.3. The van der Waals surface area contributed by atoms with E-state index in [9.17, 15) is 18.4 Å². The van der Waals surface area contributed by atoms with Crippen molar-refractivity contribution in [2.75, 3.05) is 26.7 Å². The number of benzene rings is 1. The lowest BCUT2D eigenvalue weighted by molar-refractivity contribution is -0.147. The first-order chi connectivity index (χ1) is 11.0. The number of nitrogens with zero attached hydrogens (tertiary/aromatic N) is 1. The molecule has 3 rings (SSSR count). The average Bonchev–Trinajstić information content (AvgIpc) is 3.36. The number of halogens is 2. The van der Waals surface area contributed by atoms with E-state index >= 15 is 0 Å². The molecular formula is C16H18F2N2O3. The lowest BCUT2D eigenvalue weighted by atomic mass is 10.1. The Morgan fingerprint density at radius 1 is 1.30 bits per heavy atom. The zero-order valence-corrected chi connectivity index (χ0v) is 12.7. The SMILES string of the molecule is CNC(=O)[C@@H]1CN(C(=O)[C@@H]2C[C@@H]2c2ccc(F)c(F)c2)CCO1. The van der Waals surface area contributed by atoms with Crippen molar-refractivity contribution in [1.82, 2.24) is 10.2 Å². The highest BCUT2D eigenvalue weighted by atomic mass is 19.2. The third-order valence-electron chi connectivity index (χ3n) is 4.40. The van der Waals surface area contributed by atoms with Crippen molar-refractivity contribution in [1.29, 1.82) is 0 Å². The van der Waals surface area contributed by atoms with Gasteiger partial charge in [0.25, 0.3) is 5.91 Å². The van der Waals surface area contributed by atoms with Crippen LogP contribution in [0.2, 0.25) is 0 Å². The van der Waals surface area contributed by atoms with E-state index in [4.69, 9.17) is 4.74 Å². The van der Waals surface area contributed by atoms with Gasteiger partial charge in [0.05, 0.1) is 13.2 Å². The Morgan fingerprint density at radius 2 is 2.09 bits per heavy atom. The maximum absolute atomic E-state index is 13.3. The molecule has 1 heterocycles. The van der Waals surface area contributed by atoms with Gasteiger partial charge in [-0.15, -0.1) is 0 Å². The normalized spacial score (nSPS) is 26.7. The van der Waals surface area contributed by atoms with Crippen LogP contribution in [-0.2, 0) is 14.3 Å². The summed E-state index contributed by atoms with van der Waals surface area (Å²) >= 11 is 0. The number of hydrogen-bond acceptors (Lipinski definition) is 3. The van der Waals surface area contributed by atoms with Gasteiger partial charge in [0.1, 0.15) is 0 Å². The molecule has 2 amide bonds. The molecule has 1 aromatic rings. The molecule has 1 saturated carbocycles. The van der Waals surface area contributed by atoms with Crippen LogP contribution in [0.3, 0.4) is 0 Å². The monoisotopic (exact) mass is 324 g/mol. The zero-order chi connectivity index (χ0) is 16.6. The van der Waals surface area contributed by atoms with Gasteiger partial charge in [-0.25, -0.2) is 8.78 Å². The molecule has 1 N–H and O–H groups in total. The first kappa shape index (κ1) is 15.9. The van der Waals surface area contributed by atoms with Crippen LogP contribution in [0.4, 0.5) is 8.78 Å². The van der Waals surface area contributed by atoms with Gasteiger partial charge in [0, 0.05) is 19.5 Å². The standard InChI is InChI=1S/C16H18F2N2O3/c1-19-15(21)14-8-20(4-5-23-14)16(22)11-7-10(11)9-2-3-12(17)13(18)6-9/h2-3,6,10-11,14H,4-5,7-8H2,1H3,(H,19,21)/t10-,11-,14+/m1/s1. The summed E-state index contributed by atoms with van der Waals surface area (Å²) in [5.41, 5.74) is 0.637. The fourth-order valence-corrected chi connectivity index (χ4v) is 2.98. The second kappa shape index (κ2) is 6.23. The predicted octanol–water partition coefficient (Wildman–Crippen LogP) is 1.04. The van der Waals surface area contributed by atoms with E-state index in [0.717, 1.165) is 12.1 Å². The molecule has 2 fully saturated rings. The fourth-order valence-electron chi connectivity index (χ4n) is 2.98. The lowest BCUT2D eigenvalue weighted by Crippen LogP contribution is -2.51. The van der Waals surface area contributed by atoms with Gasteiger partial charge in [-0.1, -0.05) is 6.07 Å². The first-order valence-corrected chi connectivity index (χ1v) is 7.58. The topological polar surface area (TPSA) is 58.6 Å². The number of carbonyl (C=O) groups excluding carboxylic acids is 2. The van der Waals surface area contributed by atoms with E-state index in [0.29, 0.717) is 25.1 Å². The Balaban J connectivity index is 1.63. The Labute approximate surface area is 132 Å². The molecule has 1 aromatic carbocycles. The number of rotatable bonds is 3. The van der Waals surface area contributed by atoms with Gasteiger partial charge < -0.3 is 15.0 Å². The van der Waals surface area contributed by atoms with E-state index in [1.807, 2.05) is 0 Å². The van der Waals surface area contributed by atoms with Crippen LogP contribution in [0.5, 0.6) is 0 Å². The molecule has 0 spiro atoms. The predicted molar refractivity (Wildman–Crippen MR) is 77.6 cm³/mol. The van der Waals surface area contributed by atoms with Crippen LogP contribution >= 0.6 is 0 Å². The van der Waals surface area contributed by atoms with Gasteiger partial charge in [-0.2, -0.15) is 0 Å². The first-order valence-electron chi connectivity index (χ1n) is 7.58. The minimum Gasteiger partial charge on any atom is -0.365 e. The average molecular weight is 324 g/mol.